The van der Waals surface area contributed by atoms with Crippen molar-refractivity contribution >= 4 is 5.91 Å². The van der Waals surface area contributed by atoms with Gasteiger partial charge in [-0.3, -0.25) is 9.89 Å². The molecule has 0 aliphatic rings. The summed E-state index contributed by atoms with van der Waals surface area (Å²) < 4.78 is 0. The topological polar surface area (TPSA) is 96.5 Å². The summed E-state index contributed by atoms with van der Waals surface area (Å²) in [6, 6.07) is 1.73. The molecule has 2 heterocycles. The maximum absolute atomic E-state index is 11.9. The Morgan fingerprint density at radius 1 is 1.39 bits per heavy atom. The maximum atomic E-state index is 11.9. The van der Waals surface area contributed by atoms with E-state index in [1.54, 1.807) is 19.9 Å². The van der Waals surface area contributed by atoms with Crippen LogP contribution in [0.3, 0.4) is 0 Å². The van der Waals surface area contributed by atoms with Crippen molar-refractivity contribution in [1.29, 1.82) is 0 Å². The fourth-order valence-corrected chi connectivity index (χ4v) is 1.52. The first-order valence-corrected chi connectivity index (χ1v) is 5.60. The van der Waals surface area contributed by atoms with E-state index >= 15 is 0 Å². The molecule has 0 atom stereocenters. The summed E-state index contributed by atoms with van der Waals surface area (Å²) in [6.45, 7) is 4.06. The summed E-state index contributed by atoms with van der Waals surface area (Å²) in [5, 5.41) is 17.1. The number of aromatic amines is 1. The molecule has 7 nitrogen and oxygen atoms in total. The van der Waals surface area contributed by atoms with Crippen molar-refractivity contribution in [2.45, 2.75) is 20.3 Å². The van der Waals surface area contributed by atoms with Gasteiger partial charge in [0.2, 0.25) is 0 Å². The minimum absolute atomic E-state index is 0.148. The summed E-state index contributed by atoms with van der Waals surface area (Å²) in [4.78, 5) is 15.9. The number of hydrogen-bond donors (Lipinski definition) is 2. The van der Waals surface area contributed by atoms with Crippen LogP contribution in [0.15, 0.2) is 12.4 Å². The molecule has 18 heavy (non-hydrogen) atoms. The molecule has 0 aromatic carbocycles. The second-order valence-corrected chi connectivity index (χ2v) is 3.92. The fraction of sp³-hybridized carbons (Fsp3) is 0.364. The molecule has 1 amide bonds. The molecule has 2 aromatic heterocycles. The molecule has 7 heteroatoms. The molecule has 0 saturated carbocycles. The number of carbonyl (C=O) groups is 1. The lowest BCUT2D eigenvalue weighted by molar-refractivity contribution is 0.0952. The molecule has 0 bridgehead atoms. The van der Waals surface area contributed by atoms with Crippen LogP contribution in [0.1, 0.15) is 27.6 Å². The van der Waals surface area contributed by atoms with Gasteiger partial charge in [-0.15, -0.1) is 0 Å². The van der Waals surface area contributed by atoms with Crippen molar-refractivity contribution in [1.82, 2.24) is 30.7 Å². The quantitative estimate of drug-likeness (QED) is 0.802. The molecule has 2 N–H and O–H groups in total. The van der Waals surface area contributed by atoms with E-state index in [1.807, 2.05) is 0 Å². The Morgan fingerprint density at radius 2 is 2.22 bits per heavy atom. The van der Waals surface area contributed by atoms with E-state index in [0.29, 0.717) is 24.2 Å². The second-order valence-electron chi connectivity index (χ2n) is 3.92. The number of aryl methyl sites for hydroxylation is 2. The molecule has 94 valence electrons. The average molecular weight is 246 g/mol. The van der Waals surface area contributed by atoms with Crippen LogP contribution in [0.4, 0.5) is 0 Å². The van der Waals surface area contributed by atoms with E-state index in [4.69, 9.17) is 0 Å². The standard InChI is InChI=1S/C11H14N6O/c1-7-5-9(8(2)16-15-7)11(18)12-4-3-10-13-6-14-17-10/h5-6H,3-4H2,1-2H3,(H,12,18)(H,13,14,17). The van der Waals surface area contributed by atoms with Crippen LogP contribution in [0.5, 0.6) is 0 Å². The Morgan fingerprint density at radius 3 is 2.94 bits per heavy atom. The van der Waals surface area contributed by atoms with Gasteiger partial charge in [-0.25, -0.2) is 4.98 Å². The van der Waals surface area contributed by atoms with Crippen molar-refractivity contribution in [2.24, 2.45) is 0 Å². The molecule has 2 aromatic rings. The number of nitrogens with one attached hydrogen (secondary N) is 2. The smallest absolute Gasteiger partial charge is 0.253 e. The molecule has 0 aliphatic carbocycles. The predicted octanol–water partition coefficient (Wildman–Crippen LogP) is 0.184. The Labute approximate surface area is 104 Å². The van der Waals surface area contributed by atoms with Gasteiger partial charge in [0, 0.05) is 13.0 Å². The molecular formula is C11H14N6O. The van der Waals surface area contributed by atoms with Gasteiger partial charge in [0.1, 0.15) is 12.2 Å². The SMILES string of the molecule is Cc1cc(C(=O)NCCc2ncn[nH]2)c(C)nn1. The van der Waals surface area contributed by atoms with Crippen LogP contribution in [-0.2, 0) is 6.42 Å². The lowest BCUT2D eigenvalue weighted by Crippen LogP contribution is -2.27. The van der Waals surface area contributed by atoms with Crippen molar-refractivity contribution in [3.8, 4) is 0 Å². The summed E-state index contributed by atoms with van der Waals surface area (Å²) >= 11 is 0. The average Bonchev–Trinajstić information content (AvgIpc) is 2.85. The van der Waals surface area contributed by atoms with Crippen LogP contribution >= 0.6 is 0 Å². The highest BCUT2D eigenvalue weighted by Crippen LogP contribution is 2.04. The van der Waals surface area contributed by atoms with E-state index < -0.39 is 0 Å². The first kappa shape index (κ1) is 12.2. The summed E-state index contributed by atoms with van der Waals surface area (Å²) in [5.74, 6) is 0.598. The zero-order valence-corrected chi connectivity index (χ0v) is 10.3. The van der Waals surface area contributed by atoms with Gasteiger partial charge in [-0.2, -0.15) is 15.3 Å². The van der Waals surface area contributed by atoms with Gasteiger partial charge in [-0.05, 0) is 19.9 Å². The number of aromatic nitrogens is 5. The van der Waals surface area contributed by atoms with E-state index in [1.165, 1.54) is 6.33 Å². The molecule has 2 rings (SSSR count). The summed E-state index contributed by atoms with van der Waals surface area (Å²) in [6.07, 6.45) is 2.06. The zero-order chi connectivity index (χ0) is 13.0. The Balaban J connectivity index is 1.93. The van der Waals surface area contributed by atoms with E-state index in [-0.39, 0.29) is 5.91 Å². The van der Waals surface area contributed by atoms with Crippen molar-refractivity contribution in [3.05, 3.63) is 35.2 Å². The number of nitrogens with zero attached hydrogens (tertiary/aromatic N) is 4. The molecule has 0 saturated heterocycles. The van der Waals surface area contributed by atoms with Crippen LogP contribution < -0.4 is 5.32 Å². The molecule has 0 aliphatic heterocycles. The van der Waals surface area contributed by atoms with Gasteiger partial charge in [0.05, 0.1) is 17.0 Å². The van der Waals surface area contributed by atoms with E-state index in [9.17, 15) is 4.79 Å². The van der Waals surface area contributed by atoms with E-state index in [0.717, 1.165) is 11.5 Å². The number of H-pyrrole nitrogens is 1. The van der Waals surface area contributed by atoms with E-state index in [2.05, 4.69) is 30.7 Å². The highest BCUT2D eigenvalue weighted by Gasteiger charge is 2.10. The van der Waals surface area contributed by atoms with Crippen LogP contribution in [0.2, 0.25) is 0 Å². The number of hydrogen-bond acceptors (Lipinski definition) is 5. The van der Waals surface area contributed by atoms with Crippen LogP contribution in [0, 0.1) is 13.8 Å². The summed E-state index contributed by atoms with van der Waals surface area (Å²) in [5.41, 5.74) is 1.90. The zero-order valence-electron chi connectivity index (χ0n) is 10.3. The third kappa shape index (κ3) is 2.88. The lowest BCUT2D eigenvalue weighted by Gasteiger charge is -2.06. The van der Waals surface area contributed by atoms with Crippen molar-refractivity contribution in [2.75, 3.05) is 6.54 Å². The van der Waals surface area contributed by atoms with Crippen molar-refractivity contribution in [3.63, 3.8) is 0 Å². The molecule has 0 spiro atoms. The van der Waals surface area contributed by atoms with Gasteiger partial charge in [0.25, 0.3) is 5.91 Å². The second kappa shape index (κ2) is 5.35. The largest absolute Gasteiger partial charge is 0.352 e. The van der Waals surface area contributed by atoms with Crippen LogP contribution in [0.25, 0.3) is 0 Å². The normalized spacial score (nSPS) is 10.3. The van der Waals surface area contributed by atoms with Gasteiger partial charge >= 0.3 is 0 Å². The third-order valence-corrected chi connectivity index (χ3v) is 2.46. The first-order valence-electron chi connectivity index (χ1n) is 5.60. The van der Waals surface area contributed by atoms with Crippen molar-refractivity contribution < 1.29 is 4.79 Å². The lowest BCUT2D eigenvalue weighted by atomic mass is 10.2. The van der Waals surface area contributed by atoms with Gasteiger partial charge < -0.3 is 5.32 Å². The van der Waals surface area contributed by atoms with Crippen LogP contribution in [-0.4, -0.2) is 37.8 Å². The summed E-state index contributed by atoms with van der Waals surface area (Å²) in [7, 11) is 0. The molecular weight excluding hydrogens is 232 g/mol. The number of carbonyl (C=O) groups excluding carboxylic acids is 1. The Bertz CT molecular complexity index is 536. The first-order chi connectivity index (χ1) is 8.66. The number of rotatable bonds is 4. The Kier molecular flexibility index (Phi) is 3.61. The van der Waals surface area contributed by atoms with Gasteiger partial charge in [-0.1, -0.05) is 0 Å². The minimum atomic E-state index is -0.148. The van der Waals surface area contributed by atoms with Gasteiger partial charge in [0.15, 0.2) is 0 Å². The molecule has 0 fully saturated rings. The molecule has 0 unspecified atom stereocenters. The highest BCUT2D eigenvalue weighted by atomic mass is 16.1. The minimum Gasteiger partial charge on any atom is -0.352 e. The third-order valence-electron chi connectivity index (χ3n) is 2.46. The Hall–Kier alpha value is -2.31. The monoisotopic (exact) mass is 246 g/mol. The number of amides is 1. The maximum Gasteiger partial charge on any atom is 0.253 e. The fourth-order valence-electron chi connectivity index (χ4n) is 1.52. The highest BCUT2D eigenvalue weighted by molar-refractivity contribution is 5.95. The molecule has 0 radical (unpaired) electrons. The predicted molar refractivity (Wildman–Crippen MR) is 63.9 cm³/mol.